The first-order chi connectivity index (χ1) is 12.3. The molecule has 0 radical (unpaired) electrons. The van der Waals surface area contributed by atoms with Gasteiger partial charge in [0.15, 0.2) is 0 Å². The van der Waals surface area contributed by atoms with Crippen LogP contribution in [0.5, 0.6) is 0 Å². The van der Waals surface area contributed by atoms with Crippen molar-refractivity contribution in [1.29, 1.82) is 0 Å². The predicted molar refractivity (Wildman–Crippen MR) is 112 cm³/mol. The zero-order valence-corrected chi connectivity index (χ0v) is 16.4. The highest BCUT2D eigenvalue weighted by molar-refractivity contribution is 7.80. The Hall–Kier alpha value is -2.46. The Morgan fingerprint density at radius 1 is 1.08 bits per heavy atom. The molecule has 0 fully saturated rings. The Morgan fingerprint density at radius 3 is 2.46 bits per heavy atom. The minimum absolute atomic E-state index is 0.172. The molecule has 0 saturated heterocycles. The van der Waals surface area contributed by atoms with Crippen LogP contribution >= 0.6 is 12.2 Å². The molecule has 0 spiro atoms. The zero-order chi connectivity index (χ0) is 18.7. The summed E-state index contributed by atoms with van der Waals surface area (Å²) >= 11 is 5.08. The summed E-state index contributed by atoms with van der Waals surface area (Å²) in [5.41, 5.74) is 10.6. The van der Waals surface area contributed by atoms with E-state index in [0.717, 1.165) is 29.9 Å². The van der Waals surface area contributed by atoms with Gasteiger partial charge in [0.1, 0.15) is 10.8 Å². The van der Waals surface area contributed by atoms with Gasteiger partial charge in [-0.3, -0.25) is 0 Å². The van der Waals surface area contributed by atoms with Crippen molar-refractivity contribution >= 4 is 17.2 Å². The standard InChI is InChI=1S/C22H25N3S/c1-22(2,3)19-9-7-16(8-10-19)14-20-24-11-12-25(20)15-17-5-4-6-18(13-17)21(23)26/h4-13H,14-15H2,1-3H3,(H2,23,26). The van der Waals surface area contributed by atoms with Gasteiger partial charge >= 0.3 is 0 Å². The number of rotatable bonds is 5. The van der Waals surface area contributed by atoms with Crippen LogP contribution in [0, 0.1) is 0 Å². The topological polar surface area (TPSA) is 43.8 Å². The van der Waals surface area contributed by atoms with Gasteiger partial charge in [-0.25, -0.2) is 4.98 Å². The number of nitrogens with zero attached hydrogens (tertiary/aromatic N) is 2. The fraction of sp³-hybridized carbons (Fsp3) is 0.273. The summed E-state index contributed by atoms with van der Waals surface area (Å²) in [4.78, 5) is 4.98. The fourth-order valence-corrected chi connectivity index (χ4v) is 3.10. The van der Waals surface area contributed by atoms with Gasteiger partial charge in [0.25, 0.3) is 0 Å². The molecule has 3 nitrogen and oxygen atoms in total. The minimum atomic E-state index is 0.172. The van der Waals surface area contributed by atoms with Gasteiger partial charge in [-0.2, -0.15) is 0 Å². The highest BCUT2D eigenvalue weighted by atomic mass is 32.1. The second-order valence-electron chi connectivity index (χ2n) is 7.66. The highest BCUT2D eigenvalue weighted by Gasteiger charge is 2.13. The molecule has 1 heterocycles. The summed E-state index contributed by atoms with van der Waals surface area (Å²) in [7, 11) is 0. The number of imidazole rings is 1. The minimum Gasteiger partial charge on any atom is -0.389 e. The summed E-state index contributed by atoms with van der Waals surface area (Å²) in [5.74, 6) is 1.05. The van der Waals surface area contributed by atoms with Crippen LogP contribution in [-0.4, -0.2) is 14.5 Å². The van der Waals surface area contributed by atoms with E-state index in [4.69, 9.17) is 18.0 Å². The molecule has 0 aliphatic carbocycles. The van der Waals surface area contributed by atoms with Crippen LogP contribution in [0.3, 0.4) is 0 Å². The molecule has 3 rings (SSSR count). The van der Waals surface area contributed by atoms with Crippen molar-refractivity contribution in [3.05, 3.63) is 89.0 Å². The maximum atomic E-state index is 5.74. The average Bonchev–Trinajstić information content (AvgIpc) is 3.01. The SMILES string of the molecule is CC(C)(C)c1ccc(Cc2nccn2Cc2cccc(C(N)=S)c2)cc1. The smallest absolute Gasteiger partial charge is 0.113 e. The number of hydrogen-bond acceptors (Lipinski definition) is 2. The van der Waals surface area contributed by atoms with Crippen LogP contribution in [-0.2, 0) is 18.4 Å². The lowest BCUT2D eigenvalue weighted by atomic mass is 9.86. The van der Waals surface area contributed by atoms with E-state index in [0.29, 0.717) is 4.99 Å². The lowest BCUT2D eigenvalue weighted by molar-refractivity contribution is 0.590. The van der Waals surface area contributed by atoms with Gasteiger partial charge in [-0.1, -0.05) is 75.5 Å². The highest BCUT2D eigenvalue weighted by Crippen LogP contribution is 2.23. The summed E-state index contributed by atoms with van der Waals surface area (Å²) in [6.07, 6.45) is 4.69. The number of thiocarbonyl (C=S) groups is 1. The zero-order valence-electron chi connectivity index (χ0n) is 15.6. The van der Waals surface area contributed by atoms with Gasteiger partial charge in [-0.15, -0.1) is 0 Å². The Labute approximate surface area is 160 Å². The average molecular weight is 364 g/mol. The van der Waals surface area contributed by atoms with E-state index < -0.39 is 0 Å². The van der Waals surface area contributed by atoms with E-state index in [1.807, 2.05) is 30.6 Å². The monoisotopic (exact) mass is 363 g/mol. The molecular formula is C22H25N3S. The maximum absolute atomic E-state index is 5.74. The first-order valence-corrected chi connectivity index (χ1v) is 9.22. The van der Waals surface area contributed by atoms with E-state index in [2.05, 4.69) is 60.7 Å². The Kier molecular flexibility index (Phi) is 5.23. The number of benzene rings is 2. The molecule has 0 atom stereocenters. The molecule has 26 heavy (non-hydrogen) atoms. The second kappa shape index (κ2) is 7.42. The molecule has 134 valence electrons. The van der Waals surface area contributed by atoms with Crippen molar-refractivity contribution < 1.29 is 0 Å². The number of hydrogen-bond donors (Lipinski definition) is 1. The van der Waals surface area contributed by atoms with Crippen LogP contribution in [0.2, 0.25) is 0 Å². The molecule has 0 bridgehead atoms. The van der Waals surface area contributed by atoms with E-state index in [9.17, 15) is 0 Å². The Bertz CT molecular complexity index is 902. The summed E-state index contributed by atoms with van der Waals surface area (Å²) in [6.45, 7) is 7.45. The van der Waals surface area contributed by atoms with Gasteiger partial charge in [0.05, 0.1) is 0 Å². The molecular weight excluding hydrogens is 338 g/mol. The lowest BCUT2D eigenvalue weighted by Crippen LogP contribution is -2.11. The Morgan fingerprint density at radius 2 is 1.81 bits per heavy atom. The number of aromatic nitrogens is 2. The molecule has 2 N–H and O–H groups in total. The van der Waals surface area contributed by atoms with Crippen molar-refractivity contribution in [2.45, 2.75) is 39.2 Å². The largest absolute Gasteiger partial charge is 0.389 e. The molecule has 0 amide bonds. The van der Waals surface area contributed by atoms with Crippen molar-refractivity contribution in [1.82, 2.24) is 9.55 Å². The molecule has 2 aromatic carbocycles. The third-order valence-electron chi connectivity index (χ3n) is 4.55. The van der Waals surface area contributed by atoms with Crippen molar-refractivity contribution in [3.63, 3.8) is 0 Å². The van der Waals surface area contributed by atoms with Gasteiger partial charge < -0.3 is 10.3 Å². The third-order valence-corrected chi connectivity index (χ3v) is 4.78. The normalized spacial score (nSPS) is 11.5. The summed E-state index contributed by atoms with van der Waals surface area (Å²) in [5, 5.41) is 0. The molecule has 0 aliphatic rings. The van der Waals surface area contributed by atoms with E-state index >= 15 is 0 Å². The summed E-state index contributed by atoms with van der Waals surface area (Å²) < 4.78 is 2.18. The molecule has 4 heteroatoms. The van der Waals surface area contributed by atoms with Crippen LogP contribution in [0.15, 0.2) is 60.9 Å². The summed E-state index contributed by atoms with van der Waals surface area (Å²) in [6, 6.07) is 16.9. The molecule has 0 aliphatic heterocycles. The van der Waals surface area contributed by atoms with Gasteiger partial charge in [-0.05, 0) is 28.2 Å². The third kappa shape index (κ3) is 4.38. The molecule has 0 unspecified atom stereocenters. The van der Waals surface area contributed by atoms with Crippen molar-refractivity contribution in [3.8, 4) is 0 Å². The van der Waals surface area contributed by atoms with Crippen LogP contribution in [0.25, 0.3) is 0 Å². The first-order valence-electron chi connectivity index (χ1n) is 8.81. The Balaban J connectivity index is 1.77. The predicted octanol–water partition coefficient (Wildman–Crippen LogP) is 4.45. The molecule has 1 aromatic heterocycles. The van der Waals surface area contributed by atoms with E-state index in [1.165, 1.54) is 11.1 Å². The lowest BCUT2D eigenvalue weighted by Gasteiger charge is -2.19. The fourth-order valence-electron chi connectivity index (χ4n) is 2.98. The van der Waals surface area contributed by atoms with E-state index in [1.54, 1.807) is 0 Å². The molecule has 3 aromatic rings. The first kappa shape index (κ1) is 18.3. The van der Waals surface area contributed by atoms with Crippen LogP contribution in [0.1, 0.15) is 48.8 Å². The van der Waals surface area contributed by atoms with Crippen molar-refractivity contribution in [2.75, 3.05) is 0 Å². The van der Waals surface area contributed by atoms with Gasteiger partial charge in [0, 0.05) is 30.9 Å². The van der Waals surface area contributed by atoms with Crippen molar-refractivity contribution in [2.24, 2.45) is 5.73 Å². The quantitative estimate of drug-likeness (QED) is 0.681. The van der Waals surface area contributed by atoms with E-state index in [-0.39, 0.29) is 5.41 Å². The van der Waals surface area contributed by atoms with Crippen LogP contribution < -0.4 is 5.73 Å². The van der Waals surface area contributed by atoms with Crippen LogP contribution in [0.4, 0.5) is 0 Å². The second-order valence-corrected chi connectivity index (χ2v) is 8.10. The molecule has 0 saturated carbocycles. The number of nitrogens with two attached hydrogens (primary N) is 1. The maximum Gasteiger partial charge on any atom is 0.113 e. The van der Waals surface area contributed by atoms with Gasteiger partial charge in [0.2, 0.25) is 0 Å².